The fourth-order valence-electron chi connectivity index (χ4n) is 6.29. The molecule has 0 saturated carbocycles. The van der Waals surface area contributed by atoms with E-state index in [1.54, 1.807) is 13.4 Å². The minimum atomic E-state index is -0.675. The van der Waals surface area contributed by atoms with Gasteiger partial charge in [-0.2, -0.15) is 5.26 Å². The van der Waals surface area contributed by atoms with Gasteiger partial charge in [0.05, 0.1) is 11.5 Å². The molecular formula is C35H46N8O. The second kappa shape index (κ2) is 14.4. The average Bonchev–Trinajstić information content (AvgIpc) is 3.55. The molecule has 0 radical (unpaired) electrons. The Labute approximate surface area is 261 Å². The third kappa shape index (κ3) is 6.87. The summed E-state index contributed by atoms with van der Waals surface area (Å²) in [6.45, 7) is 15.4. The molecule has 4 atom stereocenters. The van der Waals surface area contributed by atoms with Crippen LogP contribution in [0.3, 0.4) is 0 Å². The maximum absolute atomic E-state index is 12.6. The van der Waals surface area contributed by atoms with Gasteiger partial charge < -0.3 is 26.3 Å². The van der Waals surface area contributed by atoms with Gasteiger partial charge in [0.2, 0.25) is 0 Å². The van der Waals surface area contributed by atoms with Gasteiger partial charge in [0.1, 0.15) is 18.2 Å². The van der Waals surface area contributed by atoms with E-state index in [1.165, 1.54) is 5.56 Å². The summed E-state index contributed by atoms with van der Waals surface area (Å²) in [4.78, 5) is 16.0. The van der Waals surface area contributed by atoms with E-state index < -0.39 is 5.41 Å². The molecule has 232 valence electrons. The fourth-order valence-corrected chi connectivity index (χ4v) is 6.29. The number of aromatic nitrogens is 3. The number of aryl methyl sites for hydroxylation is 2. The van der Waals surface area contributed by atoms with Gasteiger partial charge in [0, 0.05) is 43.6 Å². The largest absolute Gasteiger partial charge is 0.388 e. The van der Waals surface area contributed by atoms with Crippen LogP contribution in [0, 0.1) is 17.2 Å². The predicted molar refractivity (Wildman–Crippen MR) is 176 cm³/mol. The van der Waals surface area contributed by atoms with E-state index in [-0.39, 0.29) is 18.0 Å². The summed E-state index contributed by atoms with van der Waals surface area (Å²) >= 11 is 0. The van der Waals surface area contributed by atoms with Gasteiger partial charge in [-0.05, 0) is 84.5 Å². The van der Waals surface area contributed by atoms with Crippen LogP contribution < -0.4 is 21.3 Å². The molecule has 2 aromatic carbocycles. The first-order chi connectivity index (χ1) is 21.2. The number of carbonyl (C=O) groups excluding carboxylic acids is 1. The molecule has 0 bridgehead atoms. The standard InChI is InChI=1S/C35H46N8O/c1-8-22(2)15-30(19-36)42-24(4)20-39-23(3)18-35(34-40-21-41-43-34)31-13-11-26(25(5)37-6)16-27(31)9-10-28-17-29(33(44)38-7)12-14-32(28)35/h11-14,16-17,21-23,30,37,39,42H,4-5,8-10,15,18,20H2,1-3,6-7H3,(H,38,44)(H,40,41,43)/t22-,23-,30?,35?/m0/s1. The molecule has 9 nitrogen and oxygen atoms in total. The highest BCUT2D eigenvalue weighted by atomic mass is 16.1. The molecule has 1 aliphatic carbocycles. The summed E-state index contributed by atoms with van der Waals surface area (Å²) < 4.78 is 0. The number of nitrogens with zero attached hydrogens (tertiary/aromatic N) is 3. The Kier molecular flexibility index (Phi) is 10.6. The number of aromatic amines is 1. The van der Waals surface area contributed by atoms with E-state index >= 15 is 0 Å². The predicted octanol–water partition coefficient (Wildman–Crippen LogP) is 4.59. The van der Waals surface area contributed by atoms with Crippen LogP contribution in [0.1, 0.15) is 84.0 Å². The van der Waals surface area contributed by atoms with Crippen molar-refractivity contribution in [2.24, 2.45) is 5.92 Å². The number of H-pyrrole nitrogens is 1. The summed E-state index contributed by atoms with van der Waals surface area (Å²) in [7, 11) is 3.53. The van der Waals surface area contributed by atoms with Crippen LogP contribution in [0.4, 0.5) is 0 Å². The first-order valence-electron chi connectivity index (χ1n) is 15.5. The topological polar surface area (TPSA) is 131 Å². The van der Waals surface area contributed by atoms with Crippen molar-refractivity contribution in [3.8, 4) is 6.07 Å². The molecule has 0 saturated heterocycles. The zero-order valence-corrected chi connectivity index (χ0v) is 26.7. The second-order valence-corrected chi connectivity index (χ2v) is 12.0. The zero-order chi connectivity index (χ0) is 31.9. The summed E-state index contributed by atoms with van der Waals surface area (Å²) in [6.07, 6.45) is 5.67. The normalized spacial score (nSPS) is 17.5. The number of benzene rings is 2. The first kappa shape index (κ1) is 32.5. The van der Waals surface area contributed by atoms with Crippen LogP contribution >= 0.6 is 0 Å². The maximum atomic E-state index is 12.6. The highest BCUT2D eigenvalue weighted by Gasteiger charge is 2.44. The van der Waals surface area contributed by atoms with Crippen LogP contribution in [0.5, 0.6) is 0 Å². The van der Waals surface area contributed by atoms with Crippen molar-refractivity contribution in [2.45, 2.75) is 70.4 Å². The Hall–Kier alpha value is -4.42. The molecule has 0 fully saturated rings. The van der Waals surface area contributed by atoms with Gasteiger partial charge >= 0.3 is 0 Å². The van der Waals surface area contributed by atoms with E-state index in [0.29, 0.717) is 24.4 Å². The van der Waals surface area contributed by atoms with Crippen LogP contribution in [0.2, 0.25) is 0 Å². The van der Waals surface area contributed by atoms with Crippen molar-refractivity contribution in [1.82, 2.24) is 36.4 Å². The van der Waals surface area contributed by atoms with Gasteiger partial charge in [-0.25, -0.2) is 0 Å². The number of nitriles is 1. The number of fused-ring (bicyclic) bond motifs is 2. The van der Waals surface area contributed by atoms with Crippen molar-refractivity contribution in [3.05, 3.63) is 101 Å². The smallest absolute Gasteiger partial charge is 0.251 e. The van der Waals surface area contributed by atoms with Gasteiger partial charge in [-0.3, -0.25) is 4.79 Å². The Balaban J connectivity index is 1.75. The Bertz CT molecular complexity index is 1450. The lowest BCUT2D eigenvalue weighted by atomic mass is 9.67. The van der Waals surface area contributed by atoms with Crippen LogP contribution in [-0.2, 0) is 18.3 Å². The number of rotatable bonds is 14. The molecule has 0 aliphatic heterocycles. The molecule has 1 aliphatic rings. The number of hydrogen-bond donors (Lipinski definition) is 5. The lowest BCUT2D eigenvalue weighted by Crippen LogP contribution is -2.42. The molecule has 4 rings (SSSR count). The highest BCUT2D eigenvalue weighted by molar-refractivity contribution is 5.94. The Morgan fingerprint density at radius 2 is 1.73 bits per heavy atom. The maximum Gasteiger partial charge on any atom is 0.251 e. The fraction of sp³-hybridized carbons (Fsp3) is 0.429. The van der Waals surface area contributed by atoms with Gasteiger partial charge in [-0.15, -0.1) is 10.2 Å². The highest BCUT2D eigenvalue weighted by Crippen LogP contribution is 2.47. The van der Waals surface area contributed by atoms with E-state index in [1.807, 2.05) is 19.2 Å². The molecule has 44 heavy (non-hydrogen) atoms. The molecule has 5 N–H and O–H groups in total. The lowest BCUT2D eigenvalue weighted by Gasteiger charge is -2.37. The first-order valence-corrected chi connectivity index (χ1v) is 15.5. The third-order valence-electron chi connectivity index (χ3n) is 8.90. The molecule has 1 aromatic heterocycles. The number of hydrogen-bond acceptors (Lipinski definition) is 7. The van der Waals surface area contributed by atoms with Gasteiger partial charge in [0.25, 0.3) is 5.91 Å². The van der Waals surface area contributed by atoms with Gasteiger partial charge in [0.15, 0.2) is 0 Å². The van der Waals surface area contributed by atoms with E-state index in [4.69, 9.17) is 0 Å². The monoisotopic (exact) mass is 594 g/mol. The van der Waals surface area contributed by atoms with Crippen molar-refractivity contribution < 1.29 is 4.79 Å². The quantitative estimate of drug-likeness (QED) is 0.185. The number of carbonyl (C=O) groups is 1. The van der Waals surface area contributed by atoms with Crippen LogP contribution in [0.25, 0.3) is 5.70 Å². The lowest BCUT2D eigenvalue weighted by molar-refractivity contribution is 0.0963. The summed E-state index contributed by atoms with van der Waals surface area (Å²) in [5, 5.41) is 31.4. The van der Waals surface area contributed by atoms with E-state index in [2.05, 4.69) is 101 Å². The number of nitrogens with one attached hydrogen (secondary N) is 5. The second-order valence-electron chi connectivity index (χ2n) is 12.0. The minimum absolute atomic E-state index is 0.0121. The minimum Gasteiger partial charge on any atom is -0.388 e. The number of amides is 1. The van der Waals surface area contributed by atoms with Gasteiger partial charge in [-0.1, -0.05) is 51.6 Å². The molecule has 2 unspecified atom stereocenters. The van der Waals surface area contributed by atoms with Crippen molar-refractivity contribution in [3.63, 3.8) is 0 Å². The third-order valence-corrected chi connectivity index (χ3v) is 8.90. The Morgan fingerprint density at radius 3 is 2.30 bits per heavy atom. The molecule has 1 amide bonds. The van der Waals surface area contributed by atoms with E-state index in [0.717, 1.165) is 65.2 Å². The average molecular weight is 595 g/mol. The molecule has 0 spiro atoms. The summed E-state index contributed by atoms with van der Waals surface area (Å²) in [5.41, 5.74) is 7.19. The summed E-state index contributed by atoms with van der Waals surface area (Å²) in [5.74, 6) is 1.09. The zero-order valence-electron chi connectivity index (χ0n) is 26.7. The van der Waals surface area contributed by atoms with Crippen molar-refractivity contribution in [1.29, 1.82) is 5.26 Å². The summed E-state index contributed by atoms with van der Waals surface area (Å²) in [6, 6.07) is 14.6. The molecule has 9 heteroatoms. The van der Waals surface area contributed by atoms with Crippen molar-refractivity contribution in [2.75, 3.05) is 20.6 Å². The SMILES string of the molecule is C=C(CN[C@@H](C)CC1(c2nnc[nH]2)c2ccc(C(=C)NC)cc2CCc2cc(C(=O)NC)ccc21)NC(C#N)C[C@@H](C)CC. The molecule has 1 heterocycles. The van der Waals surface area contributed by atoms with E-state index in [9.17, 15) is 10.1 Å². The molecular weight excluding hydrogens is 548 g/mol. The molecule has 3 aromatic rings. The van der Waals surface area contributed by atoms with Crippen molar-refractivity contribution >= 4 is 11.6 Å². The van der Waals surface area contributed by atoms with Crippen LogP contribution in [0.15, 0.2) is 61.6 Å². The Morgan fingerprint density at radius 1 is 1.07 bits per heavy atom. The van der Waals surface area contributed by atoms with Crippen LogP contribution in [-0.4, -0.2) is 53.8 Å².